The fourth-order valence-electron chi connectivity index (χ4n) is 2.51. The van der Waals surface area contributed by atoms with E-state index in [4.69, 9.17) is 0 Å². The molecule has 2 aromatic rings. The van der Waals surface area contributed by atoms with Crippen molar-refractivity contribution in [2.45, 2.75) is 19.8 Å². The molecule has 5 heteroatoms. The number of carboxylic acid groups (broad SMARTS) is 1. The van der Waals surface area contributed by atoms with Gasteiger partial charge in [-0.15, -0.1) is 0 Å². The highest BCUT2D eigenvalue weighted by atomic mass is 79.9. The van der Waals surface area contributed by atoms with Gasteiger partial charge in [0.15, 0.2) is 0 Å². The Hall–Kier alpha value is -1.46. The average molecular weight is 440 g/mol. The number of halogens is 2. The SMILES string of the molecule is CC(=O)C(Cc1ccc(Br)cc1)(Cc1ccc(Br)cc1)C(=O)O. The van der Waals surface area contributed by atoms with Crippen molar-refractivity contribution < 1.29 is 14.7 Å². The Labute approximate surface area is 152 Å². The standard InChI is InChI=1S/C18H16Br2O3/c1-12(21)18(17(22)23,10-13-2-6-15(19)7-3-13)11-14-4-8-16(20)9-5-14/h2-9H,10-11H2,1H3,(H,22,23). The van der Waals surface area contributed by atoms with Gasteiger partial charge in [0.2, 0.25) is 0 Å². The third-order valence-electron chi connectivity index (χ3n) is 3.92. The zero-order valence-electron chi connectivity index (χ0n) is 12.6. The van der Waals surface area contributed by atoms with E-state index in [1.807, 2.05) is 48.5 Å². The van der Waals surface area contributed by atoms with Gasteiger partial charge in [-0.3, -0.25) is 9.59 Å². The largest absolute Gasteiger partial charge is 0.480 e. The number of carbonyl (C=O) groups is 2. The van der Waals surface area contributed by atoms with Crippen LogP contribution in [0.2, 0.25) is 0 Å². The van der Waals surface area contributed by atoms with E-state index in [2.05, 4.69) is 31.9 Å². The lowest BCUT2D eigenvalue weighted by molar-refractivity contribution is -0.154. The number of Topliss-reactive ketones (excluding diaryl/α,β-unsaturated/α-hetero) is 1. The summed E-state index contributed by atoms with van der Waals surface area (Å²) in [4.78, 5) is 24.2. The van der Waals surface area contributed by atoms with Crippen LogP contribution in [0.15, 0.2) is 57.5 Å². The van der Waals surface area contributed by atoms with Crippen molar-refractivity contribution in [1.82, 2.24) is 0 Å². The van der Waals surface area contributed by atoms with Crippen molar-refractivity contribution in [3.05, 3.63) is 68.6 Å². The van der Waals surface area contributed by atoms with Crippen molar-refractivity contribution in [3.8, 4) is 0 Å². The molecule has 2 aromatic carbocycles. The van der Waals surface area contributed by atoms with Crippen molar-refractivity contribution in [3.63, 3.8) is 0 Å². The third kappa shape index (κ3) is 4.30. The molecule has 0 amide bonds. The lowest BCUT2D eigenvalue weighted by Gasteiger charge is -2.27. The summed E-state index contributed by atoms with van der Waals surface area (Å²) in [6.07, 6.45) is 0.335. The third-order valence-corrected chi connectivity index (χ3v) is 4.98. The molecule has 1 N–H and O–H groups in total. The first kappa shape index (κ1) is 17.9. The van der Waals surface area contributed by atoms with Gasteiger partial charge in [-0.25, -0.2) is 0 Å². The van der Waals surface area contributed by atoms with Crippen LogP contribution in [0.25, 0.3) is 0 Å². The van der Waals surface area contributed by atoms with Crippen molar-refractivity contribution in [1.29, 1.82) is 0 Å². The molecule has 120 valence electrons. The smallest absolute Gasteiger partial charge is 0.317 e. The summed E-state index contributed by atoms with van der Waals surface area (Å²) in [5, 5.41) is 9.79. The van der Waals surface area contributed by atoms with Crippen LogP contribution in [0.3, 0.4) is 0 Å². The van der Waals surface area contributed by atoms with Gasteiger partial charge in [-0.2, -0.15) is 0 Å². The Bertz CT molecular complexity index is 643. The van der Waals surface area contributed by atoms with E-state index in [0.717, 1.165) is 20.1 Å². The van der Waals surface area contributed by atoms with Crippen LogP contribution in [0, 0.1) is 5.41 Å². The fourth-order valence-corrected chi connectivity index (χ4v) is 3.04. The van der Waals surface area contributed by atoms with E-state index < -0.39 is 11.4 Å². The number of rotatable bonds is 6. The number of carbonyl (C=O) groups excluding carboxylic acids is 1. The zero-order valence-corrected chi connectivity index (χ0v) is 15.7. The number of hydrogen-bond acceptors (Lipinski definition) is 2. The van der Waals surface area contributed by atoms with Crippen LogP contribution in [0.4, 0.5) is 0 Å². The molecule has 0 unspecified atom stereocenters. The summed E-state index contributed by atoms with van der Waals surface area (Å²) >= 11 is 6.71. The van der Waals surface area contributed by atoms with Gasteiger partial charge < -0.3 is 5.11 Å². The van der Waals surface area contributed by atoms with E-state index in [-0.39, 0.29) is 18.6 Å². The first-order valence-corrected chi connectivity index (χ1v) is 8.65. The Morgan fingerprint density at radius 3 is 1.48 bits per heavy atom. The number of hydrogen-bond donors (Lipinski definition) is 1. The topological polar surface area (TPSA) is 54.4 Å². The minimum absolute atomic E-state index is 0.168. The summed E-state index contributed by atoms with van der Waals surface area (Å²) in [7, 11) is 0. The lowest BCUT2D eigenvalue weighted by Crippen LogP contribution is -2.42. The molecule has 0 fully saturated rings. The number of ketones is 1. The highest BCUT2D eigenvalue weighted by Crippen LogP contribution is 2.31. The van der Waals surface area contributed by atoms with Crippen LogP contribution in [-0.4, -0.2) is 16.9 Å². The molecule has 0 aliphatic heterocycles. The lowest BCUT2D eigenvalue weighted by atomic mass is 9.73. The molecule has 0 aliphatic carbocycles. The molecule has 23 heavy (non-hydrogen) atoms. The number of carboxylic acids is 1. The Morgan fingerprint density at radius 1 is 0.870 bits per heavy atom. The molecule has 0 spiro atoms. The molecule has 0 heterocycles. The van der Waals surface area contributed by atoms with Gasteiger partial charge in [0.1, 0.15) is 11.2 Å². The molecular weight excluding hydrogens is 424 g/mol. The highest BCUT2D eigenvalue weighted by Gasteiger charge is 2.43. The molecule has 2 rings (SSSR count). The fraction of sp³-hybridized carbons (Fsp3) is 0.222. The van der Waals surface area contributed by atoms with E-state index >= 15 is 0 Å². The highest BCUT2D eigenvalue weighted by molar-refractivity contribution is 9.10. The zero-order chi connectivity index (χ0) is 17.0. The number of aliphatic carboxylic acids is 1. The van der Waals surface area contributed by atoms with Crippen LogP contribution in [-0.2, 0) is 22.4 Å². The molecule has 3 nitrogen and oxygen atoms in total. The maximum absolute atomic E-state index is 12.3. The normalized spacial score (nSPS) is 11.3. The van der Waals surface area contributed by atoms with Gasteiger partial charge in [0.25, 0.3) is 0 Å². The Morgan fingerprint density at radius 2 is 1.22 bits per heavy atom. The molecule has 0 atom stereocenters. The Kier molecular flexibility index (Phi) is 5.76. The van der Waals surface area contributed by atoms with E-state index in [1.54, 1.807) is 0 Å². The molecule has 0 aliphatic rings. The van der Waals surface area contributed by atoms with Crippen molar-refractivity contribution in [2.24, 2.45) is 5.41 Å². The molecular formula is C18H16Br2O3. The summed E-state index contributed by atoms with van der Waals surface area (Å²) < 4.78 is 1.83. The maximum atomic E-state index is 12.3. The summed E-state index contributed by atoms with van der Waals surface area (Å²) in [6.45, 7) is 1.35. The summed E-state index contributed by atoms with van der Waals surface area (Å²) in [5.41, 5.74) is 0.188. The molecule has 0 aromatic heterocycles. The van der Waals surface area contributed by atoms with E-state index in [0.29, 0.717) is 0 Å². The second kappa shape index (κ2) is 7.41. The van der Waals surface area contributed by atoms with Crippen molar-refractivity contribution in [2.75, 3.05) is 0 Å². The predicted octanol–water partition coefficient (Wildman–Crippen LogP) is 4.66. The first-order chi connectivity index (χ1) is 10.8. The van der Waals surface area contributed by atoms with Crippen LogP contribution in [0.1, 0.15) is 18.1 Å². The minimum atomic E-state index is -1.46. The van der Waals surface area contributed by atoms with Gasteiger partial charge in [0, 0.05) is 8.95 Å². The van der Waals surface area contributed by atoms with Gasteiger partial charge >= 0.3 is 5.97 Å². The minimum Gasteiger partial charge on any atom is -0.480 e. The molecule has 0 saturated heterocycles. The van der Waals surface area contributed by atoms with E-state index in [9.17, 15) is 14.7 Å². The summed E-state index contributed by atoms with van der Waals surface area (Å²) in [6, 6.07) is 14.8. The van der Waals surface area contributed by atoms with Gasteiger partial charge in [0.05, 0.1) is 0 Å². The van der Waals surface area contributed by atoms with Crippen LogP contribution >= 0.6 is 31.9 Å². The quantitative estimate of drug-likeness (QED) is 0.666. The second-order valence-electron chi connectivity index (χ2n) is 5.55. The van der Waals surface area contributed by atoms with Gasteiger partial charge in [-0.1, -0.05) is 56.1 Å². The predicted molar refractivity (Wildman–Crippen MR) is 96.4 cm³/mol. The van der Waals surface area contributed by atoms with Crippen molar-refractivity contribution >= 4 is 43.6 Å². The Balaban J connectivity index is 2.38. The second-order valence-corrected chi connectivity index (χ2v) is 7.38. The number of benzene rings is 2. The van der Waals surface area contributed by atoms with Crippen LogP contribution in [0.5, 0.6) is 0 Å². The van der Waals surface area contributed by atoms with Crippen LogP contribution < -0.4 is 0 Å². The molecule has 0 saturated carbocycles. The monoisotopic (exact) mass is 438 g/mol. The van der Waals surface area contributed by atoms with Gasteiger partial charge in [-0.05, 0) is 55.2 Å². The molecule has 0 radical (unpaired) electrons. The summed E-state index contributed by atoms with van der Waals surface area (Å²) in [5.74, 6) is -1.42. The average Bonchev–Trinajstić information content (AvgIpc) is 2.50. The first-order valence-electron chi connectivity index (χ1n) is 7.07. The molecule has 0 bridgehead atoms. The maximum Gasteiger partial charge on any atom is 0.317 e. The van der Waals surface area contributed by atoms with E-state index in [1.165, 1.54) is 6.92 Å².